The number of nitrogens with zero attached hydrogens (tertiary/aromatic N) is 2. The van der Waals surface area contributed by atoms with Crippen molar-refractivity contribution in [3.63, 3.8) is 0 Å². The number of rotatable bonds is 2. The number of hydrogen-bond acceptors (Lipinski definition) is 3. The van der Waals surface area contributed by atoms with Crippen LogP contribution < -0.4 is 10.6 Å². The lowest BCUT2D eigenvalue weighted by atomic mass is 10.1. The first-order chi connectivity index (χ1) is 9.67. The summed E-state index contributed by atoms with van der Waals surface area (Å²) in [5, 5.41) is 8.88. The lowest BCUT2D eigenvalue weighted by Crippen LogP contribution is -2.19. The first-order valence-electron chi connectivity index (χ1n) is 6.49. The Kier molecular flexibility index (Phi) is 3.03. The largest absolute Gasteiger partial charge is 0.399 e. The van der Waals surface area contributed by atoms with Crippen LogP contribution in [0.5, 0.6) is 0 Å². The zero-order valence-corrected chi connectivity index (χ0v) is 10.9. The number of benzene rings is 2. The molecule has 3 nitrogen and oxygen atoms in total. The molecule has 4 heteroatoms. The Morgan fingerprint density at radius 2 is 2.10 bits per heavy atom. The molecule has 0 aliphatic carbocycles. The van der Waals surface area contributed by atoms with Crippen molar-refractivity contribution in [1.29, 1.82) is 5.26 Å². The van der Waals surface area contributed by atoms with E-state index in [0.29, 0.717) is 6.54 Å². The fourth-order valence-corrected chi connectivity index (χ4v) is 2.60. The van der Waals surface area contributed by atoms with Gasteiger partial charge >= 0.3 is 0 Å². The summed E-state index contributed by atoms with van der Waals surface area (Å²) in [4.78, 5) is 2.21. The van der Waals surface area contributed by atoms with Crippen LogP contribution in [0.25, 0.3) is 0 Å². The summed E-state index contributed by atoms with van der Waals surface area (Å²) < 4.78 is 13.3. The van der Waals surface area contributed by atoms with Crippen LogP contribution in [0.15, 0.2) is 36.4 Å². The molecule has 0 saturated carbocycles. The number of nitrogens with two attached hydrogens (primary N) is 1. The summed E-state index contributed by atoms with van der Waals surface area (Å²) in [6, 6.07) is 12.5. The standard InChI is InChI=1S/C16H14FN3/c17-15-4-1-11(7-13(15)9-18)10-20-6-5-12-2-3-14(19)8-16(12)20/h1-4,7-8H,5-6,10,19H2. The normalized spacial score (nSPS) is 13.1. The van der Waals surface area contributed by atoms with Gasteiger partial charge < -0.3 is 10.6 Å². The number of anilines is 2. The average molecular weight is 267 g/mol. The summed E-state index contributed by atoms with van der Waals surface area (Å²) in [6.45, 7) is 1.57. The molecule has 100 valence electrons. The third kappa shape index (κ3) is 2.19. The fraction of sp³-hybridized carbons (Fsp3) is 0.188. The van der Waals surface area contributed by atoms with Crippen molar-refractivity contribution in [2.75, 3.05) is 17.2 Å². The highest BCUT2D eigenvalue weighted by molar-refractivity contribution is 5.64. The predicted molar refractivity (Wildman–Crippen MR) is 76.7 cm³/mol. The van der Waals surface area contributed by atoms with Crippen LogP contribution in [0.2, 0.25) is 0 Å². The van der Waals surface area contributed by atoms with E-state index in [2.05, 4.69) is 11.0 Å². The molecule has 0 spiro atoms. The van der Waals surface area contributed by atoms with E-state index in [-0.39, 0.29) is 5.56 Å². The SMILES string of the molecule is N#Cc1cc(CN2CCc3ccc(N)cc32)ccc1F. The fourth-order valence-electron chi connectivity index (χ4n) is 2.60. The van der Waals surface area contributed by atoms with Gasteiger partial charge in [0.2, 0.25) is 0 Å². The average Bonchev–Trinajstić information content (AvgIpc) is 2.83. The molecule has 1 aliphatic heterocycles. The Morgan fingerprint density at radius 3 is 2.90 bits per heavy atom. The second kappa shape index (κ2) is 4.86. The third-order valence-corrected chi connectivity index (χ3v) is 3.63. The van der Waals surface area contributed by atoms with Crippen LogP contribution in [0, 0.1) is 17.1 Å². The molecule has 0 bridgehead atoms. The highest BCUT2D eigenvalue weighted by Crippen LogP contribution is 2.31. The maximum Gasteiger partial charge on any atom is 0.140 e. The second-order valence-electron chi connectivity index (χ2n) is 4.99. The van der Waals surface area contributed by atoms with Crippen molar-refractivity contribution in [3.05, 3.63) is 58.9 Å². The van der Waals surface area contributed by atoms with Gasteiger partial charge in [0.05, 0.1) is 5.56 Å². The minimum atomic E-state index is -0.470. The van der Waals surface area contributed by atoms with Crippen LogP contribution in [0.3, 0.4) is 0 Å². The molecule has 0 radical (unpaired) electrons. The van der Waals surface area contributed by atoms with Gasteiger partial charge in [0.25, 0.3) is 0 Å². The lowest BCUT2D eigenvalue weighted by Gasteiger charge is -2.20. The Bertz CT molecular complexity index is 703. The zero-order valence-electron chi connectivity index (χ0n) is 10.9. The third-order valence-electron chi connectivity index (χ3n) is 3.63. The molecule has 0 fully saturated rings. The van der Waals surface area contributed by atoms with E-state index in [1.165, 1.54) is 11.6 Å². The molecule has 20 heavy (non-hydrogen) atoms. The monoisotopic (exact) mass is 267 g/mol. The Balaban J connectivity index is 1.87. The first kappa shape index (κ1) is 12.5. The van der Waals surface area contributed by atoms with E-state index < -0.39 is 5.82 Å². The first-order valence-corrected chi connectivity index (χ1v) is 6.49. The van der Waals surface area contributed by atoms with Gasteiger partial charge in [0.15, 0.2) is 0 Å². The highest BCUT2D eigenvalue weighted by atomic mass is 19.1. The van der Waals surface area contributed by atoms with Gasteiger partial charge in [0, 0.05) is 24.5 Å². The van der Waals surface area contributed by atoms with Gasteiger partial charge in [-0.25, -0.2) is 4.39 Å². The molecule has 0 atom stereocenters. The van der Waals surface area contributed by atoms with Crippen molar-refractivity contribution in [3.8, 4) is 6.07 Å². The van der Waals surface area contributed by atoms with Gasteiger partial charge in [-0.05, 0) is 41.8 Å². The van der Waals surface area contributed by atoms with Crippen molar-refractivity contribution in [1.82, 2.24) is 0 Å². The van der Waals surface area contributed by atoms with E-state index in [4.69, 9.17) is 11.0 Å². The molecule has 2 N–H and O–H groups in total. The molecular formula is C16H14FN3. The van der Waals surface area contributed by atoms with Crippen molar-refractivity contribution < 1.29 is 4.39 Å². The second-order valence-corrected chi connectivity index (χ2v) is 4.99. The summed E-state index contributed by atoms with van der Waals surface area (Å²) in [5.41, 5.74) is 10.0. The molecule has 1 aliphatic rings. The molecule has 1 heterocycles. The minimum absolute atomic E-state index is 0.0921. The molecule has 0 unspecified atom stereocenters. The smallest absolute Gasteiger partial charge is 0.140 e. The zero-order chi connectivity index (χ0) is 14.1. The Morgan fingerprint density at radius 1 is 1.25 bits per heavy atom. The summed E-state index contributed by atoms with van der Waals surface area (Å²) >= 11 is 0. The van der Waals surface area contributed by atoms with Gasteiger partial charge in [-0.15, -0.1) is 0 Å². The molecule has 0 saturated heterocycles. The van der Waals surface area contributed by atoms with Crippen LogP contribution in [-0.4, -0.2) is 6.54 Å². The van der Waals surface area contributed by atoms with E-state index in [9.17, 15) is 4.39 Å². The van der Waals surface area contributed by atoms with Gasteiger partial charge in [-0.3, -0.25) is 0 Å². The molecule has 0 aromatic heterocycles. The predicted octanol–water partition coefficient (Wildman–Crippen LogP) is 2.84. The van der Waals surface area contributed by atoms with Crippen LogP contribution in [-0.2, 0) is 13.0 Å². The summed E-state index contributed by atoms with van der Waals surface area (Å²) in [6.07, 6.45) is 0.988. The van der Waals surface area contributed by atoms with E-state index >= 15 is 0 Å². The van der Waals surface area contributed by atoms with Crippen LogP contribution in [0.4, 0.5) is 15.8 Å². The number of fused-ring (bicyclic) bond motifs is 1. The molecule has 2 aromatic carbocycles. The molecule has 2 aromatic rings. The van der Waals surface area contributed by atoms with Gasteiger partial charge in [-0.1, -0.05) is 12.1 Å². The van der Waals surface area contributed by atoms with Gasteiger partial charge in [0.1, 0.15) is 11.9 Å². The number of hydrogen-bond donors (Lipinski definition) is 1. The highest BCUT2D eigenvalue weighted by Gasteiger charge is 2.19. The van der Waals surface area contributed by atoms with Crippen molar-refractivity contribution in [2.45, 2.75) is 13.0 Å². The van der Waals surface area contributed by atoms with Crippen LogP contribution >= 0.6 is 0 Å². The molecule has 0 amide bonds. The maximum absolute atomic E-state index is 13.3. The number of nitrogen functional groups attached to an aromatic ring is 1. The van der Waals surface area contributed by atoms with Crippen molar-refractivity contribution >= 4 is 11.4 Å². The topological polar surface area (TPSA) is 53.0 Å². The van der Waals surface area contributed by atoms with Crippen molar-refractivity contribution in [2.24, 2.45) is 0 Å². The van der Waals surface area contributed by atoms with E-state index in [0.717, 1.165) is 29.9 Å². The van der Waals surface area contributed by atoms with E-state index in [1.807, 2.05) is 18.2 Å². The number of nitriles is 1. The lowest BCUT2D eigenvalue weighted by molar-refractivity contribution is 0.622. The summed E-state index contributed by atoms with van der Waals surface area (Å²) in [7, 11) is 0. The Hall–Kier alpha value is -2.54. The van der Waals surface area contributed by atoms with Crippen LogP contribution in [0.1, 0.15) is 16.7 Å². The Labute approximate surface area is 117 Å². The van der Waals surface area contributed by atoms with Gasteiger partial charge in [-0.2, -0.15) is 5.26 Å². The quantitative estimate of drug-likeness (QED) is 0.851. The number of halogens is 1. The molecular weight excluding hydrogens is 253 g/mol. The molecule has 3 rings (SSSR count). The summed E-state index contributed by atoms with van der Waals surface area (Å²) in [5.74, 6) is -0.470. The maximum atomic E-state index is 13.3. The minimum Gasteiger partial charge on any atom is -0.399 e. The van der Waals surface area contributed by atoms with E-state index in [1.54, 1.807) is 12.1 Å².